The van der Waals surface area contributed by atoms with Gasteiger partial charge >= 0.3 is 0 Å². The summed E-state index contributed by atoms with van der Waals surface area (Å²) in [5.74, 6) is 0. The van der Waals surface area contributed by atoms with Crippen LogP contribution in [0.15, 0.2) is 0 Å². The lowest BCUT2D eigenvalue weighted by atomic mass is 10.1. The Labute approximate surface area is 83.9 Å². The molecule has 1 atom stereocenters. The quantitative estimate of drug-likeness (QED) is 0.809. The second kappa shape index (κ2) is 4.11. The van der Waals surface area contributed by atoms with Crippen LogP contribution in [0.4, 0.5) is 0 Å². The number of aromatic nitrogens is 2. The van der Waals surface area contributed by atoms with Gasteiger partial charge in [-0.05, 0) is 26.7 Å². The molecule has 13 heavy (non-hydrogen) atoms. The highest BCUT2D eigenvalue weighted by Gasteiger charge is 2.10. The van der Waals surface area contributed by atoms with E-state index in [4.69, 9.17) is 17.3 Å². The number of nitrogens with zero attached hydrogens (tertiary/aromatic N) is 2. The van der Waals surface area contributed by atoms with Crippen LogP contribution in [0.1, 0.15) is 24.7 Å². The summed E-state index contributed by atoms with van der Waals surface area (Å²) >= 11 is 6.07. The van der Waals surface area contributed by atoms with Crippen molar-refractivity contribution in [2.45, 2.75) is 32.7 Å². The van der Waals surface area contributed by atoms with Gasteiger partial charge in [-0.1, -0.05) is 11.6 Å². The molecule has 0 aliphatic carbocycles. The first-order chi connectivity index (χ1) is 6.02. The fourth-order valence-electron chi connectivity index (χ4n) is 1.32. The first-order valence-corrected chi connectivity index (χ1v) is 4.83. The van der Waals surface area contributed by atoms with Crippen molar-refractivity contribution in [1.82, 2.24) is 9.78 Å². The molecule has 0 saturated heterocycles. The Morgan fingerprint density at radius 3 is 2.62 bits per heavy atom. The zero-order chi connectivity index (χ0) is 10.0. The molecule has 1 rings (SSSR count). The molecule has 74 valence electrons. The molecule has 0 aromatic carbocycles. The van der Waals surface area contributed by atoms with Crippen LogP contribution in [0.25, 0.3) is 0 Å². The van der Waals surface area contributed by atoms with E-state index < -0.39 is 0 Å². The molecule has 0 aliphatic heterocycles. The monoisotopic (exact) mass is 201 g/mol. The predicted molar refractivity (Wildman–Crippen MR) is 54.9 cm³/mol. The highest BCUT2D eigenvalue weighted by atomic mass is 35.5. The van der Waals surface area contributed by atoms with Crippen LogP contribution in [-0.2, 0) is 13.5 Å². The molecule has 1 unspecified atom stereocenters. The molecule has 0 bridgehead atoms. The second-order valence-corrected chi connectivity index (χ2v) is 3.86. The molecule has 0 amide bonds. The summed E-state index contributed by atoms with van der Waals surface area (Å²) in [6.45, 7) is 3.91. The van der Waals surface area contributed by atoms with Crippen molar-refractivity contribution >= 4 is 11.6 Å². The Morgan fingerprint density at radius 2 is 2.23 bits per heavy atom. The van der Waals surface area contributed by atoms with E-state index in [9.17, 15) is 0 Å². The van der Waals surface area contributed by atoms with Crippen LogP contribution >= 0.6 is 11.6 Å². The average Bonchev–Trinajstić information content (AvgIpc) is 2.24. The van der Waals surface area contributed by atoms with E-state index in [0.29, 0.717) is 0 Å². The largest absolute Gasteiger partial charge is 0.328 e. The smallest absolute Gasteiger partial charge is 0.0846 e. The zero-order valence-electron chi connectivity index (χ0n) is 8.34. The summed E-state index contributed by atoms with van der Waals surface area (Å²) < 4.78 is 1.83. The molecule has 0 fully saturated rings. The summed E-state index contributed by atoms with van der Waals surface area (Å²) in [6, 6.07) is 0.214. The van der Waals surface area contributed by atoms with Crippen molar-refractivity contribution < 1.29 is 0 Å². The number of halogens is 1. The molecule has 0 radical (unpaired) electrons. The Morgan fingerprint density at radius 1 is 1.62 bits per heavy atom. The molecule has 2 N–H and O–H groups in total. The minimum absolute atomic E-state index is 0.214. The van der Waals surface area contributed by atoms with E-state index in [1.54, 1.807) is 0 Å². The van der Waals surface area contributed by atoms with E-state index >= 15 is 0 Å². The number of rotatable bonds is 3. The third kappa shape index (κ3) is 2.45. The first-order valence-electron chi connectivity index (χ1n) is 4.46. The van der Waals surface area contributed by atoms with Crippen LogP contribution in [0.2, 0.25) is 5.02 Å². The Kier molecular flexibility index (Phi) is 3.33. The third-order valence-electron chi connectivity index (χ3n) is 2.10. The van der Waals surface area contributed by atoms with Gasteiger partial charge in [0.25, 0.3) is 0 Å². The Hall–Kier alpha value is -0.540. The molecule has 0 spiro atoms. The maximum Gasteiger partial charge on any atom is 0.0846 e. The van der Waals surface area contributed by atoms with E-state index in [-0.39, 0.29) is 6.04 Å². The summed E-state index contributed by atoms with van der Waals surface area (Å²) in [4.78, 5) is 0. The second-order valence-electron chi connectivity index (χ2n) is 3.49. The van der Waals surface area contributed by atoms with Gasteiger partial charge in [0.15, 0.2) is 0 Å². The van der Waals surface area contributed by atoms with Gasteiger partial charge in [-0.2, -0.15) is 5.10 Å². The van der Waals surface area contributed by atoms with Crippen LogP contribution in [0.5, 0.6) is 0 Å². The highest BCUT2D eigenvalue weighted by molar-refractivity contribution is 6.31. The van der Waals surface area contributed by atoms with Crippen molar-refractivity contribution in [1.29, 1.82) is 0 Å². The minimum Gasteiger partial charge on any atom is -0.328 e. The average molecular weight is 202 g/mol. The van der Waals surface area contributed by atoms with E-state index in [1.165, 1.54) is 0 Å². The number of hydrogen-bond acceptors (Lipinski definition) is 2. The van der Waals surface area contributed by atoms with Gasteiger partial charge in [-0.3, -0.25) is 4.68 Å². The summed E-state index contributed by atoms with van der Waals surface area (Å²) in [6.07, 6.45) is 1.84. The van der Waals surface area contributed by atoms with Crippen molar-refractivity contribution in [2.24, 2.45) is 12.8 Å². The van der Waals surface area contributed by atoms with Crippen molar-refractivity contribution in [3.63, 3.8) is 0 Å². The van der Waals surface area contributed by atoms with Crippen LogP contribution in [-0.4, -0.2) is 15.8 Å². The van der Waals surface area contributed by atoms with Gasteiger partial charge in [-0.15, -0.1) is 0 Å². The lowest BCUT2D eigenvalue weighted by molar-refractivity contribution is 0.623. The molecule has 3 nitrogen and oxygen atoms in total. The molecule has 0 saturated carbocycles. The third-order valence-corrected chi connectivity index (χ3v) is 2.59. The molecule has 0 aliphatic rings. The van der Waals surface area contributed by atoms with Crippen molar-refractivity contribution in [2.75, 3.05) is 0 Å². The molecule has 1 heterocycles. The lowest BCUT2D eigenvalue weighted by Gasteiger charge is -2.05. The van der Waals surface area contributed by atoms with Crippen LogP contribution < -0.4 is 5.73 Å². The van der Waals surface area contributed by atoms with Crippen LogP contribution in [0.3, 0.4) is 0 Å². The summed E-state index contributed by atoms with van der Waals surface area (Å²) in [5.41, 5.74) is 7.65. The van der Waals surface area contributed by atoms with E-state index in [2.05, 4.69) is 5.10 Å². The van der Waals surface area contributed by atoms with Gasteiger partial charge in [0.2, 0.25) is 0 Å². The maximum absolute atomic E-state index is 6.07. The van der Waals surface area contributed by atoms with Gasteiger partial charge < -0.3 is 5.73 Å². The fraction of sp³-hybridized carbons (Fsp3) is 0.667. The van der Waals surface area contributed by atoms with Gasteiger partial charge in [-0.25, -0.2) is 0 Å². The predicted octanol–water partition coefficient (Wildman–Crippen LogP) is 1.66. The Bertz CT molecular complexity index is 291. The van der Waals surface area contributed by atoms with Gasteiger partial charge in [0.05, 0.1) is 16.4 Å². The SMILES string of the molecule is Cc1nn(C)c(CCC(C)N)c1Cl. The number of nitrogens with two attached hydrogens (primary N) is 1. The standard InChI is InChI=1S/C9H16ClN3/c1-6(11)4-5-8-9(10)7(2)12-13(8)3/h6H,4-5,11H2,1-3H3. The fourth-order valence-corrected chi connectivity index (χ4v) is 1.57. The summed E-state index contributed by atoms with van der Waals surface area (Å²) in [5, 5.41) is 5.01. The molecular weight excluding hydrogens is 186 g/mol. The first kappa shape index (κ1) is 10.5. The summed E-state index contributed by atoms with van der Waals surface area (Å²) in [7, 11) is 1.91. The topological polar surface area (TPSA) is 43.8 Å². The Balaban J connectivity index is 2.76. The van der Waals surface area contributed by atoms with Crippen LogP contribution in [0, 0.1) is 6.92 Å². The van der Waals surface area contributed by atoms with Crippen molar-refractivity contribution in [3.05, 3.63) is 16.4 Å². The molecule has 4 heteroatoms. The van der Waals surface area contributed by atoms with E-state index in [0.717, 1.165) is 29.3 Å². The minimum atomic E-state index is 0.214. The molecular formula is C9H16ClN3. The lowest BCUT2D eigenvalue weighted by Crippen LogP contribution is -2.16. The highest BCUT2D eigenvalue weighted by Crippen LogP contribution is 2.20. The van der Waals surface area contributed by atoms with Gasteiger partial charge in [0, 0.05) is 13.1 Å². The normalized spacial score (nSPS) is 13.3. The van der Waals surface area contributed by atoms with Gasteiger partial charge in [0.1, 0.15) is 0 Å². The number of hydrogen-bond donors (Lipinski definition) is 1. The zero-order valence-corrected chi connectivity index (χ0v) is 9.10. The number of aryl methyl sites for hydroxylation is 2. The molecule has 1 aromatic heterocycles. The van der Waals surface area contributed by atoms with E-state index in [1.807, 2.05) is 25.6 Å². The molecule has 1 aromatic rings. The van der Waals surface area contributed by atoms with Crippen molar-refractivity contribution in [3.8, 4) is 0 Å². The maximum atomic E-state index is 6.07.